The van der Waals surface area contributed by atoms with E-state index >= 15 is 0 Å². The Morgan fingerprint density at radius 1 is 1.53 bits per heavy atom. The molecule has 1 aromatic carbocycles. The number of benzene rings is 1. The lowest BCUT2D eigenvalue weighted by Gasteiger charge is -2.38. The molecule has 3 nitrogen and oxygen atoms in total. The highest BCUT2D eigenvalue weighted by atomic mass is 19.1. The molecular weight excluding hydrogens is 243 g/mol. The Labute approximate surface area is 114 Å². The highest BCUT2D eigenvalue weighted by Crippen LogP contribution is 2.30. The minimum absolute atomic E-state index is 0.0105. The normalized spacial score (nSPS) is 21.1. The van der Waals surface area contributed by atoms with E-state index < -0.39 is 0 Å². The maximum Gasteiger partial charge on any atom is 0.123 e. The van der Waals surface area contributed by atoms with Crippen LogP contribution in [0.1, 0.15) is 25.8 Å². The summed E-state index contributed by atoms with van der Waals surface area (Å²) in [5, 5.41) is 0. The van der Waals surface area contributed by atoms with Crippen LogP contribution in [0.25, 0.3) is 0 Å². The van der Waals surface area contributed by atoms with Gasteiger partial charge in [0.25, 0.3) is 0 Å². The van der Waals surface area contributed by atoms with E-state index in [9.17, 15) is 4.39 Å². The number of rotatable bonds is 5. The SMILES string of the molecule is CCC(C)(CN)N(C)CC1Cc2cc(F)ccc2O1. The number of hydrogen-bond donors (Lipinski definition) is 1. The van der Waals surface area contributed by atoms with E-state index in [1.54, 1.807) is 12.1 Å². The first-order valence-electron chi connectivity index (χ1n) is 6.85. The molecule has 0 spiro atoms. The molecule has 2 rings (SSSR count). The fraction of sp³-hybridized carbons (Fsp3) is 0.600. The summed E-state index contributed by atoms with van der Waals surface area (Å²) in [6, 6.07) is 4.73. The van der Waals surface area contributed by atoms with Crippen molar-refractivity contribution in [2.24, 2.45) is 5.73 Å². The number of nitrogens with two attached hydrogens (primary N) is 1. The van der Waals surface area contributed by atoms with Crippen LogP contribution in [0.15, 0.2) is 18.2 Å². The van der Waals surface area contributed by atoms with Gasteiger partial charge < -0.3 is 10.5 Å². The van der Waals surface area contributed by atoms with Gasteiger partial charge in [0, 0.05) is 30.6 Å². The van der Waals surface area contributed by atoms with Gasteiger partial charge in [-0.15, -0.1) is 0 Å². The van der Waals surface area contributed by atoms with Gasteiger partial charge in [-0.2, -0.15) is 0 Å². The lowest BCUT2D eigenvalue weighted by Crippen LogP contribution is -2.52. The topological polar surface area (TPSA) is 38.5 Å². The van der Waals surface area contributed by atoms with E-state index in [0.29, 0.717) is 6.54 Å². The third-order valence-electron chi connectivity index (χ3n) is 4.36. The van der Waals surface area contributed by atoms with Crippen molar-refractivity contribution in [1.29, 1.82) is 0 Å². The second-order valence-electron chi connectivity index (χ2n) is 5.63. The molecule has 2 atom stereocenters. The molecule has 19 heavy (non-hydrogen) atoms. The maximum atomic E-state index is 13.2. The van der Waals surface area contributed by atoms with Crippen molar-refractivity contribution >= 4 is 0 Å². The van der Waals surface area contributed by atoms with E-state index in [1.807, 2.05) is 0 Å². The number of fused-ring (bicyclic) bond motifs is 1. The van der Waals surface area contributed by atoms with Gasteiger partial charge >= 0.3 is 0 Å². The maximum absolute atomic E-state index is 13.2. The van der Waals surface area contributed by atoms with Crippen molar-refractivity contribution in [3.05, 3.63) is 29.6 Å². The summed E-state index contributed by atoms with van der Waals surface area (Å²) >= 11 is 0. The highest BCUT2D eigenvalue weighted by molar-refractivity contribution is 5.37. The molecule has 0 aliphatic carbocycles. The summed E-state index contributed by atoms with van der Waals surface area (Å²) in [6.07, 6.45) is 1.84. The predicted molar refractivity (Wildman–Crippen MR) is 74.9 cm³/mol. The molecule has 0 amide bonds. The molecule has 0 saturated carbocycles. The second-order valence-corrected chi connectivity index (χ2v) is 5.63. The summed E-state index contributed by atoms with van der Waals surface area (Å²) in [5.41, 5.74) is 6.82. The van der Waals surface area contributed by atoms with Crippen LogP contribution >= 0.6 is 0 Å². The van der Waals surface area contributed by atoms with Gasteiger partial charge in [0.05, 0.1) is 0 Å². The first-order valence-corrected chi connectivity index (χ1v) is 6.85. The van der Waals surface area contributed by atoms with Gasteiger partial charge in [-0.25, -0.2) is 4.39 Å². The number of nitrogens with zero attached hydrogens (tertiary/aromatic N) is 1. The molecule has 2 unspecified atom stereocenters. The van der Waals surface area contributed by atoms with Crippen LogP contribution in [0.4, 0.5) is 4.39 Å². The van der Waals surface area contributed by atoms with E-state index in [1.165, 1.54) is 6.07 Å². The molecule has 1 aliphatic heterocycles. The van der Waals surface area contributed by atoms with Gasteiger partial charge in [-0.05, 0) is 38.6 Å². The van der Waals surface area contributed by atoms with Crippen molar-refractivity contribution in [1.82, 2.24) is 4.90 Å². The van der Waals surface area contributed by atoms with E-state index in [-0.39, 0.29) is 17.5 Å². The zero-order valence-electron chi connectivity index (χ0n) is 11.9. The van der Waals surface area contributed by atoms with Gasteiger partial charge in [-0.3, -0.25) is 4.90 Å². The minimum Gasteiger partial charge on any atom is -0.488 e. The lowest BCUT2D eigenvalue weighted by atomic mass is 9.96. The van der Waals surface area contributed by atoms with Gasteiger partial charge in [-0.1, -0.05) is 6.92 Å². The average Bonchev–Trinajstić information content (AvgIpc) is 2.78. The number of hydrogen-bond acceptors (Lipinski definition) is 3. The van der Waals surface area contributed by atoms with E-state index in [4.69, 9.17) is 10.5 Å². The molecule has 106 valence electrons. The summed E-state index contributed by atoms with van der Waals surface area (Å²) in [4.78, 5) is 2.25. The Kier molecular flexibility index (Phi) is 4.11. The van der Waals surface area contributed by atoms with Gasteiger partial charge in [0.1, 0.15) is 17.7 Å². The predicted octanol–water partition coefficient (Wildman–Crippen LogP) is 2.19. The number of ether oxygens (including phenoxy) is 1. The van der Waals surface area contributed by atoms with E-state index in [2.05, 4.69) is 25.8 Å². The fourth-order valence-corrected chi connectivity index (χ4v) is 2.49. The molecular formula is C15H23FN2O. The monoisotopic (exact) mass is 266 g/mol. The largest absolute Gasteiger partial charge is 0.488 e. The van der Waals surface area contributed by atoms with Crippen LogP contribution in [-0.4, -0.2) is 36.7 Å². The van der Waals surface area contributed by atoms with Crippen LogP contribution in [0.5, 0.6) is 5.75 Å². The Balaban J connectivity index is 2.00. The molecule has 0 fully saturated rings. The molecule has 0 aromatic heterocycles. The average molecular weight is 266 g/mol. The van der Waals surface area contributed by atoms with Gasteiger partial charge in [0.2, 0.25) is 0 Å². The Bertz CT molecular complexity index is 446. The summed E-state index contributed by atoms with van der Waals surface area (Å²) < 4.78 is 19.0. The quantitative estimate of drug-likeness (QED) is 0.888. The fourth-order valence-electron chi connectivity index (χ4n) is 2.49. The molecule has 4 heteroatoms. The van der Waals surface area contributed by atoms with Crippen molar-refractivity contribution < 1.29 is 9.13 Å². The van der Waals surface area contributed by atoms with Crippen LogP contribution in [0.2, 0.25) is 0 Å². The van der Waals surface area contributed by atoms with E-state index in [0.717, 1.165) is 30.7 Å². The van der Waals surface area contributed by atoms with Crippen LogP contribution < -0.4 is 10.5 Å². The molecule has 1 aromatic rings. The zero-order valence-corrected chi connectivity index (χ0v) is 11.9. The molecule has 2 N–H and O–H groups in total. The van der Waals surface area contributed by atoms with Crippen LogP contribution in [-0.2, 0) is 6.42 Å². The van der Waals surface area contributed by atoms with Crippen molar-refractivity contribution in [3.63, 3.8) is 0 Å². The summed E-state index contributed by atoms with van der Waals surface area (Å²) in [5.74, 6) is 0.613. The van der Waals surface area contributed by atoms with Crippen molar-refractivity contribution in [3.8, 4) is 5.75 Å². The minimum atomic E-state index is -0.197. The number of likely N-dealkylation sites (N-methyl/N-ethyl adjacent to an activating group) is 1. The lowest BCUT2D eigenvalue weighted by molar-refractivity contribution is 0.0855. The van der Waals surface area contributed by atoms with Crippen LogP contribution in [0, 0.1) is 5.82 Å². The molecule has 1 heterocycles. The Morgan fingerprint density at radius 3 is 2.89 bits per heavy atom. The van der Waals surface area contributed by atoms with Gasteiger partial charge in [0.15, 0.2) is 0 Å². The van der Waals surface area contributed by atoms with Crippen molar-refractivity contribution in [2.45, 2.75) is 38.3 Å². The standard InChI is InChI=1S/C15H23FN2O/c1-4-15(2,10-17)18(3)9-13-8-11-7-12(16)5-6-14(11)19-13/h5-7,13H,4,8-10,17H2,1-3H3. The second kappa shape index (κ2) is 5.47. The smallest absolute Gasteiger partial charge is 0.123 e. The first kappa shape index (κ1) is 14.3. The third-order valence-corrected chi connectivity index (χ3v) is 4.36. The summed E-state index contributed by atoms with van der Waals surface area (Å²) in [7, 11) is 2.07. The Hall–Kier alpha value is -1.13. The highest BCUT2D eigenvalue weighted by Gasteiger charge is 2.31. The number of halogens is 1. The molecule has 1 aliphatic rings. The molecule has 0 radical (unpaired) electrons. The van der Waals surface area contributed by atoms with Crippen LogP contribution in [0.3, 0.4) is 0 Å². The zero-order chi connectivity index (χ0) is 14.0. The summed E-state index contributed by atoms with van der Waals surface area (Å²) in [6.45, 7) is 5.73. The Morgan fingerprint density at radius 2 is 2.26 bits per heavy atom. The molecule has 0 bridgehead atoms. The third kappa shape index (κ3) is 2.90. The first-order chi connectivity index (χ1) is 8.98. The van der Waals surface area contributed by atoms with Crippen molar-refractivity contribution in [2.75, 3.05) is 20.1 Å². The molecule has 0 saturated heterocycles.